The average molecular weight is 380 g/mol. The molecule has 0 saturated heterocycles. The number of nitrogens with one attached hydrogen (secondary N) is 1. The number of amides is 2. The highest BCUT2D eigenvalue weighted by Crippen LogP contribution is 2.27. The maximum atomic E-state index is 12.7. The van der Waals surface area contributed by atoms with Gasteiger partial charge in [0, 0.05) is 19.3 Å². The van der Waals surface area contributed by atoms with Gasteiger partial charge in [0.2, 0.25) is 5.91 Å². The van der Waals surface area contributed by atoms with E-state index in [1.807, 2.05) is 55.5 Å². The van der Waals surface area contributed by atoms with Gasteiger partial charge in [0.05, 0.1) is 13.0 Å². The first-order chi connectivity index (χ1) is 13.5. The van der Waals surface area contributed by atoms with Gasteiger partial charge in [0.25, 0.3) is 5.91 Å². The summed E-state index contributed by atoms with van der Waals surface area (Å²) in [5, 5.41) is 2.99. The van der Waals surface area contributed by atoms with Crippen LogP contribution in [0.3, 0.4) is 0 Å². The average Bonchev–Trinajstić information content (AvgIpc) is 3.51. The standard InChI is InChI=1S/C23H28N2O3/c1-17-6-8-19(9-7-17)15-25(23(27)16-28-2)21-5-3-4-20(12-21)13-22(26)24-14-18-10-11-18/h3-9,12,18H,10-11,13-16H2,1-2H3,(H,24,26). The molecule has 0 spiro atoms. The fraction of sp³-hybridized carbons (Fsp3) is 0.391. The first-order valence-electron chi connectivity index (χ1n) is 9.75. The molecule has 148 valence electrons. The van der Waals surface area contributed by atoms with Crippen molar-refractivity contribution in [2.45, 2.75) is 32.7 Å². The van der Waals surface area contributed by atoms with E-state index in [0.717, 1.165) is 23.4 Å². The maximum absolute atomic E-state index is 12.7. The number of rotatable bonds is 9. The van der Waals surface area contributed by atoms with Gasteiger partial charge in [-0.1, -0.05) is 42.0 Å². The summed E-state index contributed by atoms with van der Waals surface area (Å²) in [6, 6.07) is 15.7. The Morgan fingerprint density at radius 3 is 2.54 bits per heavy atom. The molecule has 1 aliphatic carbocycles. The van der Waals surface area contributed by atoms with Crippen molar-refractivity contribution in [1.82, 2.24) is 5.32 Å². The second-order valence-electron chi connectivity index (χ2n) is 7.49. The molecule has 1 aliphatic rings. The Hall–Kier alpha value is -2.66. The third-order valence-corrected chi connectivity index (χ3v) is 4.90. The summed E-state index contributed by atoms with van der Waals surface area (Å²) < 4.78 is 5.06. The summed E-state index contributed by atoms with van der Waals surface area (Å²) in [4.78, 5) is 26.5. The monoisotopic (exact) mass is 380 g/mol. The van der Waals surface area contributed by atoms with Crippen LogP contribution in [0, 0.1) is 12.8 Å². The molecule has 2 aromatic carbocycles. The Morgan fingerprint density at radius 1 is 1.11 bits per heavy atom. The Kier molecular flexibility index (Phi) is 6.82. The van der Waals surface area contributed by atoms with Gasteiger partial charge in [-0.25, -0.2) is 0 Å². The number of carbonyl (C=O) groups excluding carboxylic acids is 2. The zero-order valence-corrected chi connectivity index (χ0v) is 16.6. The molecule has 0 atom stereocenters. The molecule has 2 aromatic rings. The summed E-state index contributed by atoms with van der Waals surface area (Å²) in [6.07, 6.45) is 2.74. The molecular formula is C23H28N2O3. The number of methoxy groups -OCH3 is 1. The molecule has 1 saturated carbocycles. The molecule has 0 bridgehead atoms. The molecule has 28 heavy (non-hydrogen) atoms. The van der Waals surface area contributed by atoms with Gasteiger partial charge >= 0.3 is 0 Å². The Morgan fingerprint density at radius 2 is 1.86 bits per heavy atom. The maximum Gasteiger partial charge on any atom is 0.253 e. The van der Waals surface area contributed by atoms with Crippen molar-refractivity contribution < 1.29 is 14.3 Å². The van der Waals surface area contributed by atoms with E-state index in [2.05, 4.69) is 5.32 Å². The predicted octanol–water partition coefficient (Wildman–Crippen LogP) is 3.24. The van der Waals surface area contributed by atoms with Crippen LogP contribution in [0.4, 0.5) is 5.69 Å². The number of anilines is 1. The van der Waals surface area contributed by atoms with Crippen LogP contribution in [0.1, 0.15) is 29.5 Å². The van der Waals surface area contributed by atoms with Crippen molar-refractivity contribution in [3.05, 3.63) is 65.2 Å². The number of ether oxygens (including phenoxy) is 1. The van der Waals surface area contributed by atoms with Crippen LogP contribution in [0.15, 0.2) is 48.5 Å². The highest BCUT2D eigenvalue weighted by atomic mass is 16.5. The molecule has 3 rings (SSSR count). The van der Waals surface area contributed by atoms with Crippen LogP contribution in [-0.2, 0) is 27.3 Å². The Balaban J connectivity index is 1.73. The SMILES string of the molecule is COCC(=O)N(Cc1ccc(C)cc1)c1cccc(CC(=O)NCC2CC2)c1. The second-order valence-corrected chi connectivity index (χ2v) is 7.49. The molecule has 0 heterocycles. The van der Waals surface area contributed by atoms with Crippen molar-refractivity contribution in [1.29, 1.82) is 0 Å². The zero-order valence-electron chi connectivity index (χ0n) is 16.6. The number of hydrogen-bond acceptors (Lipinski definition) is 3. The van der Waals surface area contributed by atoms with E-state index in [-0.39, 0.29) is 18.4 Å². The van der Waals surface area contributed by atoms with Gasteiger partial charge < -0.3 is 15.0 Å². The van der Waals surface area contributed by atoms with Gasteiger partial charge in [0.15, 0.2) is 0 Å². The summed E-state index contributed by atoms with van der Waals surface area (Å²) in [5.74, 6) is 0.572. The van der Waals surface area contributed by atoms with Gasteiger partial charge in [-0.2, -0.15) is 0 Å². The molecule has 1 fully saturated rings. The van der Waals surface area contributed by atoms with Crippen LogP contribution in [0.25, 0.3) is 0 Å². The molecule has 5 nitrogen and oxygen atoms in total. The summed E-state index contributed by atoms with van der Waals surface area (Å²) in [6.45, 7) is 3.28. The molecule has 2 amide bonds. The normalized spacial score (nSPS) is 13.2. The Labute approximate surface area is 166 Å². The number of carbonyl (C=O) groups is 2. The minimum Gasteiger partial charge on any atom is -0.375 e. The number of hydrogen-bond donors (Lipinski definition) is 1. The molecule has 0 aliphatic heterocycles. The summed E-state index contributed by atoms with van der Waals surface area (Å²) in [5.41, 5.74) is 3.89. The largest absolute Gasteiger partial charge is 0.375 e. The lowest BCUT2D eigenvalue weighted by molar-refractivity contribution is -0.122. The van der Waals surface area contributed by atoms with Gasteiger partial charge in [-0.05, 0) is 48.9 Å². The fourth-order valence-corrected chi connectivity index (χ4v) is 3.06. The number of nitrogens with zero attached hydrogens (tertiary/aromatic N) is 1. The summed E-state index contributed by atoms with van der Waals surface area (Å²) in [7, 11) is 1.52. The third kappa shape index (κ3) is 5.92. The lowest BCUT2D eigenvalue weighted by atomic mass is 10.1. The van der Waals surface area contributed by atoms with Crippen LogP contribution < -0.4 is 10.2 Å². The van der Waals surface area contributed by atoms with Gasteiger partial charge in [0.1, 0.15) is 6.61 Å². The third-order valence-electron chi connectivity index (χ3n) is 4.90. The second kappa shape index (κ2) is 9.51. The van der Waals surface area contributed by atoms with Crippen LogP contribution in [0.2, 0.25) is 0 Å². The van der Waals surface area contributed by atoms with Gasteiger partial charge in [-0.3, -0.25) is 9.59 Å². The van der Waals surface area contributed by atoms with E-state index in [4.69, 9.17) is 4.74 Å². The Bertz CT molecular complexity index is 813. The first kappa shape index (κ1) is 20.1. The number of aryl methyl sites for hydroxylation is 1. The van der Waals surface area contributed by atoms with Crippen molar-refractivity contribution >= 4 is 17.5 Å². The quantitative estimate of drug-likeness (QED) is 0.727. The van der Waals surface area contributed by atoms with Crippen molar-refractivity contribution in [3.8, 4) is 0 Å². The lowest BCUT2D eigenvalue weighted by Crippen LogP contribution is -2.33. The highest BCUT2D eigenvalue weighted by Gasteiger charge is 2.22. The van der Waals surface area contributed by atoms with Crippen LogP contribution >= 0.6 is 0 Å². The van der Waals surface area contributed by atoms with Crippen molar-refractivity contribution in [2.75, 3.05) is 25.2 Å². The predicted molar refractivity (Wildman–Crippen MR) is 110 cm³/mol. The van der Waals surface area contributed by atoms with E-state index < -0.39 is 0 Å². The van der Waals surface area contributed by atoms with Crippen LogP contribution in [0.5, 0.6) is 0 Å². The molecule has 1 N–H and O–H groups in total. The van der Waals surface area contributed by atoms with Gasteiger partial charge in [-0.15, -0.1) is 0 Å². The topological polar surface area (TPSA) is 58.6 Å². The molecule has 0 aromatic heterocycles. The van der Waals surface area contributed by atoms with Crippen molar-refractivity contribution in [2.24, 2.45) is 5.92 Å². The minimum absolute atomic E-state index is 0.0119. The zero-order chi connectivity index (χ0) is 19.9. The van der Waals surface area contributed by atoms with Crippen LogP contribution in [-0.4, -0.2) is 32.1 Å². The fourth-order valence-electron chi connectivity index (χ4n) is 3.06. The molecule has 5 heteroatoms. The summed E-state index contributed by atoms with van der Waals surface area (Å²) >= 11 is 0. The van der Waals surface area contributed by atoms with E-state index in [1.165, 1.54) is 25.5 Å². The first-order valence-corrected chi connectivity index (χ1v) is 9.75. The minimum atomic E-state index is -0.113. The molecule has 0 unspecified atom stereocenters. The van der Waals surface area contributed by atoms with E-state index in [1.54, 1.807) is 4.90 Å². The van der Waals surface area contributed by atoms with E-state index in [9.17, 15) is 9.59 Å². The van der Waals surface area contributed by atoms with E-state index >= 15 is 0 Å². The van der Waals surface area contributed by atoms with E-state index in [0.29, 0.717) is 18.9 Å². The molecule has 0 radical (unpaired) electrons. The molecular weight excluding hydrogens is 352 g/mol. The number of benzene rings is 2. The smallest absolute Gasteiger partial charge is 0.253 e. The van der Waals surface area contributed by atoms with Crippen molar-refractivity contribution in [3.63, 3.8) is 0 Å². The lowest BCUT2D eigenvalue weighted by Gasteiger charge is -2.23. The highest BCUT2D eigenvalue weighted by molar-refractivity contribution is 5.94.